The largest absolute Gasteiger partial charge is 0.496 e. The highest BCUT2D eigenvalue weighted by atomic mass is 32.2. The van der Waals surface area contributed by atoms with Crippen LogP contribution in [0.25, 0.3) is 0 Å². The van der Waals surface area contributed by atoms with Crippen LogP contribution in [0.5, 0.6) is 5.75 Å². The van der Waals surface area contributed by atoms with E-state index in [9.17, 15) is 0 Å². The van der Waals surface area contributed by atoms with E-state index in [0.717, 1.165) is 28.4 Å². The van der Waals surface area contributed by atoms with Crippen molar-refractivity contribution in [1.82, 2.24) is 0 Å². The number of methoxy groups -OCH3 is 1. The van der Waals surface area contributed by atoms with Gasteiger partial charge in [0.2, 0.25) is 0 Å². The minimum atomic E-state index is -0.108. The number of hydrogen-bond donors (Lipinski definition) is 1. The molecule has 0 saturated carbocycles. The number of hydrogen-bond acceptors (Lipinski definition) is 3. The maximum atomic E-state index is 8.70. The fraction of sp³-hybridized carbons (Fsp3) is 0.467. The second-order valence-electron chi connectivity index (χ2n) is 4.40. The highest BCUT2D eigenvalue weighted by Gasteiger charge is 2.04. The Balaban J connectivity index is 2.78. The Morgan fingerprint density at radius 1 is 1.39 bits per heavy atom. The molecule has 0 aliphatic carbocycles. The first-order valence-corrected chi connectivity index (χ1v) is 7.17. The van der Waals surface area contributed by atoms with Crippen molar-refractivity contribution >= 4 is 11.8 Å². The van der Waals surface area contributed by atoms with Crippen LogP contribution in [0.1, 0.15) is 25.0 Å². The Bertz CT molecular complexity index is 430. The maximum absolute atomic E-state index is 8.70. The SMILES string of the molecule is COc1ccc(C#CCO)cc1CSCC(C)C. The lowest BCUT2D eigenvalue weighted by Crippen LogP contribution is -1.95. The highest BCUT2D eigenvalue weighted by molar-refractivity contribution is 7.98. The van der Waals surface area contributed by atoms with Gasteiger partial charge < -0.3 is 9.84 Å². The number of rotatable bonds is 5. The minimum absolute atomic E-state index is 0.108. The molecular weight excluding hydrogens is 244 g/mol. The molecule has 0 saturated heterocycles. The van der Waals surface area contributed by atoms with Crippen molar-refractivity contribution in [2.45, 2.75) is 19.6 Å². The molecule has 18 heavy (non-hydrogen) atoms. The van der Waals surface area contributed by atoms with Gasteiger partial charge in [0, 0.05) is 16.9 Å². The van der Waals surface area contributed by atoms with Crippen molar-refractivity contribution in [2.24, 2.45) is 5.92 Å². The summed E-state index contributed by atoms with van der Waals surface area (Å²) in [6.07, 6.45) is 0. The number of ether oxygens (including phenoxy) is 1. The van der Waals surface area contributed by atoms with Gasteiger partial charge in [-0.3, -0.25) is 0 Å². The fourth-order valence-corrected chi connectivity index (χ4v) is 2.55. The Labute approximate surface area is 114 Å². The first-order valence-electron chi connectivity index (χ1n) is 6.01. The van der Waals surface area contributed by atoms with Gasteiger partial charge in [0.25, 0.3) is 0 Å². The van der Waals surface area contributed by atoms with E-state index in [1.807, 2.05) is 30.0 Å². The molecule has 1 N–H and O–H groups in total. The summed E-state index contributed by atoms with van der Waals surface area (Å²) in [5, 5.41) is 8.70. The van der Waals surface area contributed by atoms with Gasteiger partial charge in [-0.15, -0.1) is 0 Å². The molecule has 0 unspecified atom stereocenters. The van der Waals surface area contributed by atoms with Crippen LogP contribution in [0.2, 0.25) is 0 Å². The fourth-order valence-electron chi connectivity index (χ4n) is 1.52. The molecule has 0 aromatic heterocycles. The van der Waals surface area contributed by atoms with Crippen LogP contribution < -0.4 is 4.74 Å². The monoisotopic (exact) mass is 264 g/mol. The van der Waals surface area contributed by atoms with Gasteiger partial charge in [-0.1, -0.05) is 25.7 Å². The molecule has 0 fully saturated rings. The van der Waals surface area contributed by atoms with Gasteiger partial charge in [-0.05, 0) is 29.9 Å². The van der Waals surface area contributed by atoms with Gasteiger partial charge in [0.15, 0.2) is 0 Å². The number of aliphatic hydroxyl groups excluding tert-OH is 1. The second-order valence-corrected chi connectivity index (χ2v) is 5.43. The number of benzene rings is 1. The molecule has 0 heterocycles. The lowest BCUT2D eigenvalue weighted by Gasteiger charge is -2.10. The molecule has 1 aromatic rings. The van der Waals surface area contributed by atoms with Crippen molar-refractivity contribution < 1.29 is 9.84 Å². The highest BCUT2D eigenvalue weighted by Crippen LogP contribution is 2.25. The molecule has 0 amide bonds. The van der Waals surface area contributed by atoms with Crippen LogP contribution in [-0.4, -0.2) is 24.6 Å². The van der Waals surface area contributed by atoms with E-state index in [2.05, 4.69) is 25.7 Å². The third kappa shape index (κ3) is 5.03. The lowest BCUT2D eigenvalue weighted by molar-refractivity contribution is 0.350. The van der Waals surface area contributed by atoms with Gasteiger partial charge in [-0.2, -0.15) is 11.8 Å². The zero-order chi connectivity index (χ0) is 13.4. The van der Waals surface area contributed by atoms with Crippen molar-refractivity contribution in [3.63, 3.8) is 0 Å². The molecule has 0 radical (unpaired) electrons. The maximum Gasteiger partial charge on any atom is 0.122 e. The average molecular weight is 264 g/mol. The number of aliphatic hydroxyl groups is 1. The Morgan fingerprint density at radius 3 is 2.78 bits per heavy atom. The van der Waals surface area contributed by atoms with Gasteiger partial charge in [0.1, 0.15) is 12.4 Å². The van der Waals surface area contributed by atoms with Crippen LogP contribution in [-0.2, 0) is 5.75 Å². The summed E-state index contributed by atoms with van der Waals surface area (Å²) in [6, 6.07) is 5.89. The summed E-state index contributed by atoms with van der Waals surface area (Å²) in [7, 11) is 1.69. The smallest absolute Gasteiger partial charge is 0.122 e. The quantitative estimate of drug-likeness (QED) is 0.829. The van der Waals surface area contributed by atoms with E-state index in [1.165, 1.54) is 0 Å². The van der Waals surface area contributed by atoms with E-state index < -0.39 is 0 Å². The summed E-state index contributed by atoms with van der Waals surface area (Å²) in [5.41, 5.74) is 2.08. The third-order valence-electron chi connectivity index (χ3n) is 2.30. The molecule has 98 valence electrons. The van der Waals surface area contributed by atoms with E-state index in [1.54, 1.807) is 7.11 Å². The Morgan fingerprint density at radius 2 is 2.17 bits per heavy atom. The van der Waals surface area contributed by atoms with Crippen LogP contribution in [0.15, 0.2) is 18.2 Å². The summed E-state index contributed by atoms with van der Waals surface area (Å²) < 4.78 is 5.35. The summed E-state index contributed by atoms with van der Waals surface area (Å²) in [6.45, 7) is 4.32. The first kappa shape index (κ1) is 14.9. The molecule has 0 atom stereocenters. The van der Waals surface area contributed by atoms with Crippen molar-refractivity contribution in [2.75, 3.05) is 19.5 Å². The zero-order valence-electron chi connectivity index (χ0n) is 11.2. The van der Waals surface area contributed by atoms with Crippen molar-refractivity contribution in [1.29, 1.82) is 0 Å². The molecule has 1 rings (SSSR count). The second kappa shape index (κ2) is 8.07. The van der Waals surface area contributed by atoms with Gasteiger partial charge in [-0.25, -0.2) is 0 Å². The first-order chi connectivity index (χ1) is 8.67. The predicted molar refractivity (Wildman–Crippen MR) is 78.0 cm³/mol. The molecule has 0 spiro atoms. The standard InChI is InChI=1S/C15H20O2S/c1-12(2)10-18-11-14-9-13(5-4-8-16)6-7-15(14)17-3/h6-7,9,12,16H,8,10-11H2,1-3H3. The predicted octanol–water partition coefficient (Wildman–Crippen LogP) is 2.93. The molecule has 1 aromatic carbocycles. The van der Waals surface area contributed by atoms with E-state index in [4.69, 9.17) is 9.84 Å². The average Bonchev–Trinajstić information content (AvgIpc) is 2.36. The van der Waals surface area contributed by atoms with E-state index in [-0.39, 0.29) is 6.61 Å². The van der Waals surface area contributed by atoms with Crippen molar-refractivity contribution in [3.05, 3.63) is 29.3 Å². The van der Waals surface area contributed by atoms with Crippen molar-refractivity contribution in [3.8, 4) is 17.6 Å². The van der Waals surface area contributed by atoms with Gasteiger partial charge in [0.05, 0.1) is 7.11 Å². The Hall–Kier alpha value is -1.11. The number of thioether (sulfide) groups is 1. The van der Waals surface area contributed by atoms with Crippen LogP contribution >= 0.6 is 11.8 Å². The summed E-state index contributed by atoms with van der Waals surface area (Å²) >= 11 is 1.90. The summed E-state index contributed by atoms with van der Waals surface area (Å²) in [5.74, 6) is 9.24. The lowest BCUT2D eigenvalue weighted by atomic mass is 10.1. The van der Waals surface area contributed by atoms with Crippen LogP contribution in [0.3, 0.4) is 0 Å². The third-order valence-corrected chi connectivity index (χ3v) is 3.72. The van der Waals surface area contributed by atoms with Gasteiger partial charge >= 0.3 is 0 Å². The van der Waals surface area contributed by atoms with Crippen LogP contribution in [0.4, 0.5) is 0 Å². The Kier molecular flexibility index (Phi) is 6.70. The summed E-state index contributed by atoms with van der Waals surface area (Å²) in [4.78, 5) is 0. The normalized spacial score (nSPS) is 10.1. The van der Waals surface area contributed by atoms with E-state index in [0.29, 0.717) is 5.92 Å². The topological polar surface area (TPSA) is 29.5 Å². The molecular formula is C15H20O2S. The minimum Gasteiger partial charge on any atom is -0.496 e. The molecule has 0 bridgehead atoms. The molecule has 2 nitrogen and oxygen atoms in total. The molecule has 3 heteroatoms. The van der Waals surface area contributed by atoms with Crippen LogP contribution in [0, 0.1) is 17.8 Å². The van der Waals surface area contributed by atoms with E-state index >= 15 is 0 Å². The molecule has 0 aliphatic rings. The zero-order valence-corrected chi connectivity index (χ0v) is 12.0. The molecule has 0 aliphatic heterocycles.